The summed E-state index contributed by atoms with van der Waals surface area (Å²) in [7, 11) is 0. The molecule has 1 N–H and O–H groups in total. The number of nitrogens with zero attached hydrogens (tertiary/aromatic N) is 1. The van der Waals surface area contributed by atoms with Gasteiger partial charge in [0, 0.05) is 30.7 Å². The van der Waals surface area contributed by atoms with Gasteiger partial charge in [-0.3, -0.25) is 4.79 Å². The zero-order chi connectivity index (χ0) is 16.5. The molecular formula is C19H25FN2O2. The lowest BCUT2D eigenvalue weighted by Crippen LogP contribution is -2.43. The normalized spacial score (nSPS) is 27.8. The Morgan fingerprint density at radius 1 is 1.38 bits per heavy atom. The molecular weight excluding hydrogens is 307 g/mol. The summed E-state index contributed by atoms with van der Waals surface area (Å²) in [5.74, 6) is 0.309. The first-order valence-corrected chi connectivity index (χ1v) is 9.08. The van der Waals surface area contributed by atoms with Crippen LogP contribution in [0.4, 0.5) is 10.1 Å². The number of para-hydroxylation sites is 1. The molecule has 0 bridgehead atoms. The maximum absolute atomic E-state index is 14.4. The molecule has 1 saturated heterocycles. The largest absolute Gasteiger partial charge is 0.379 e. The summed E-state index contributed by atoms with van der Waals surface area (Å²) in [4.78, 5) is 14.3. The van der Waals surface area contributed by atoms with Crippen molar-refractivity contribution in [3.8, 4) is 0 Å². The number of ether oxygens (including phenoxy) is 1. The quantitative estimate of drug-likeness (QED) is 0.901. The smallest absolute Gasteiger partial charge is 0.261 e. The van der Waals surface area contributed by atoms with E-state index in [1.165, 1.54) is 0 Å². The van der Waals surface area contributed by atoms with Crippen molar-refractivity contribution in [3.05, 3.63) is 29.8 Å². The van der Waals surface area contributed by atoms with Gasteiger partial charge in [0.1, 0.15) is 0 Å². The molecule has 1 aromatic carbocycles. The Kier molecular flexibility index (Phi) is 4.55. The zero-order valence-electron chi connectivity index (χ0n) is 13.9. The van der Waals surface area contributed by atoms with Crippen LogP contribution in [0.3, 0.4) is 0 Å². The van der Waals surface area contributed by atoms with Crippen LogP contribution in [-0.4, -0.2) is 44.4 Å². The van der Waals surface area contributed by atoms with Crippen molar-refractivity contribution in [3.63, 3.8) is 0 Å². The van der Waals surface area contributed by atoms with Gasteiger partial charge in [-0.2, -0.15) is 0 Å². The Labute approximate surface area is 142 Å². The van der Waals surface area contributed by atoms with Crippen molar-refractivity contribution in [1.82, 2.24) is 5.32 Å². The molecule has 1 amide bonds. The van der Waals surface area contributed by atoms with E-state index in [1.54, 1.807) is 4.90 Å². The highest BCUT2D eigenvalue weighted by atomic mass is 19.1. The van der Waals surface area contributed by atoms with Crippen molar-refractivity contribution in [1.29, 1.82) is 0 Å². The number of benzene rings is 1. The summed E-state index contributed by atoms with van der Waals surface area (Å²) in [6.45, 7) is 2.92. The van der Waals surface area contributed by atoms with Crippen LogP contribution in [-0.2, 0) is 9.53 Å². The summed E-state index contributed by atoms with van der Waals surface area (Å²) in [5, 5.41) is 3.48. The van der Waals surface area contributed by atoms with Crippen LogP contribution < -0.4 is 10.2 Å². The molecule has 0 aromatic heterocycles. The highest BCUT2D eigenvalue weighted by molar-refractivity contribution is 5.98. The number of nitrogens with one attached hydrogen (secondary N) is 1. The number of hydrogen-bond acceptors (Lipinski definition) is 3. The third-order valence-corrected chi connectivity index (χ3v) is 5.41. The maximum Gasteiger partial charge on any atom is 0.261 e. The van der Waals surface area contributed by atoms with Gasteiger partial charge in [-0.1, -0.05) is 31.0 Å². The molecule has 3 atom stereocenters. The van der Waals surface area contributed by atoms with Gasteiger partial charge in [-0.05, 0) is 30.4 Å². The van der Waals surface area contributed by atoms with Gasteiger partial charge in [-0.25, -0.2) is 4.39 Å². The number of amides is 1. The lowest BCUT2D eigenvalue weighted by atomic mass is 9.94. The SMILES string of the molecule is O=C(C(F)CC1CC1)N1CC(CC2COCCN2)c2ccccc21. The number of morpholine rings is 1. The van der Waals surface area contributed by atoms with Gasteiger partial charge in [0.2, 0.25) is 0 Å². The minimum absolute atomic E-state index is 0.248. The second-order valence-electron chi connectivity index (χ2n) is 7.31. The first kappa shape index (κ1) is 16.0. The molecule has 2 heterocycles. The molecule has 5 heteroatoms. The number of anilines is 1. The molecule has 0 radical (unpaired) electrons. The Bertz CT molecular complexity index is 599. The van der Waals surface area contributed by atoms with Gasteiger partial charge < -0.3 is 15.0 Å². The molecule has 3 aliphatic rings. The minimum Gasteiger partial charge on any atom is -0.379 e. The van der Waals surface area contributed by atoms with Gasteiger partial charge >= 0.3 is 0 Å². The van der Waals surface area contributed by atoms with E-state index in [-0.39, 0.29) is 11.8 Å². The monoisotopic (exact) mass is 332 g/mol. The number of fused-ring (bicyclic) bond motifs is 1. The van der Waals surface area contributed by atoms with Crippen LogP contribution >= 0.6 is 0 Å². The molecule has 130 valence electrons. The predicted molar refractivity (Wildman–Crippen MR) is 91.0 cm³/mol. The number of halogens is 1. The molecule has 24 heavy (non-hydrogen) atoms. The first-order valence-electron chi connectivity index (χ1n) is 9.08. The number of carbonyl (C=O) groups excluding carboxylic acids is 1. The lowest BCUT2D eigenvalue weighted by Gasteiger charge is -2.26. The molecule has 4 rings (SSSR count). The van der Waals surface area contributed by atoms with Crippen LogP contribution in [0.2, 0.25) is 0 Å². The average molecular weight is 332 g/mol. The van der Waals surface area contributed by atoms with E-state index in [9.17, 15) is 9.18 Å². The summed E-state index contributed by atoms with van der Waals surface area (Å²) in [5.41, 5.74) is 2.06. The minimum atomic E-state index is -1.36. The van der Waals surface area contributed by atoms with E-state index in [4.69, 9.17) is 4.74 Å². The van der Waals surface area contributed by atoms with Crippen molar-refractivity contribution in [2.75, 3.05) is 31.2 Å². The predicted octanol–water partition coefficient (Wildman–Crippen LogP) is 2.63. The van der Waals surface area contributed by atoms with Crippen LogP contribution in [0.5, 0.6) is 0 Å². The number of alkyl halides is 1. The standard InChI is InChI=1S/C19H25FN2O2/c20-17(9-13-5-6-13)19(23)22-11-14(10-15-12-24-8-7-21-15)16-3-1-2-4-18(16)22/h1-4,13-15,17,21H,5-12H2. The van der Waals surface area contributed by atoms with E-state index in [0.717, 1.165) is 43.7 Å². The van der Waals surface area contributed by atoms with Crippen LogP contribution in [0.25, 0.3) is 0 Å². The van der Waals surface area contributed by atoms with Gasteiger partial charge in [0.05, 0.1) is 13.2 Å². The Balaban J connectivity index is 1.48. The average Bonchev–Trinajstić information content (AvgIpc) is 3.36. The van der Waals surface area contributed by atoms with E-state index >= 15 is 0 Å². The molecule has 3 unspecified atom stereocenters. The fourth-order valence-electron chi connectivity index (χ4n) is 3.94. The Morgan fingerprint density at radius 2 is 2.21 bits per heavy atom. The van der Waals surface area contributed by atoms with Gasteiger partial charge in [0.25, 0.3) is 5.91 Å². The Morgan fingerprint density at radius 3 is 2.96 bits per heavy atom. The van der Waals surface area contributed by atoms with Crippen LogP contribution in [0, 0.1) is 5.92 Å². The fourth-order valence-corrected chi connectivity index (χ4v) is 3.94. The maximum atomic E-state index is 14.4. The van der Waals surface area contributed by atoms with Gasteiger partial charge in [-0.15, -0.1) is 0 Å². The molecule has 0 spiro atoms. The third-order valence-electron chi connectivity index (χ3n) is 5.41. The van der Waals surface area contributed by atoms with Crippen molar-refractivity contribution < 1.29 is 13.9 Å². The zero-order valence-corrected chi connectivity index (χ0v) is 13.9. The molecule has 2 fully saturated rings. The number of hydrogen-bond donors (Lipinski definition) is 1. The van der Waals surface area contributed by atoms with Gasteiger partial charge in [0.15, 0.2) is 6.17 Å². The number of rotatable bonds is 5. The summed E-state index contributed by atoms with van der Waals surface area (Å²) in [6, 6.07) is 8.26. The molecule has 2 aliphatic heterocycles. The Hall–Kier alpha value is -1.46. The second kappa shape index (κ2) is 6.81. The van der Waals surface area contributed by atoms with E-state index in [2.05, 4.69) is 11.4 Å². The lowest BCUT2D eigenvalue weighted by molar-refractivity contribution is -0.123. The van der Waals surface area contributed by atoms with Crippen molar-refractivity contribution >= 4 is 11.6 Å². The van der Waals surface area contributed by atoms with Crippen molar-refractivity contribution in [2.24, 2.45) is 5.92 Å². The first-order chi connectivity index (χ1) is 11.7. The van der Waals surface area contributed by atoms with Crippen molar-refractivity contribution in [2.45, 2.75) is 43.8 Å². The topological polar surface area (TPSA) is 41.6 Å². The summed E-state index contributed by atoms with van der Waals surface area (Å²) in [6.07, 6.45) is 2.08. The molecule has 1 saturated carbocycles. The van der Waals surface area contributed by atoms with Crippen LogP contribution in [0.1, 0.15) is 37.2 Å². The highest BCUT2D eigenvalue weighted by Gasteiger charge is 2.38. The molecule has 1 aliphatic carbocycles. The summed E-state index contributed by atoms with van der Waals surface area (Å²) >= 11 is 0. The number of carbonyl (C=O) groups is 1. The molecule has 1 aromatic rings. The fraction of sp³-hybridized carbons (Fsp3) is 0.632. The summed E-state index contributed by atoms with van der Waals surface area (Å²) < 4.78 is 19.9. The van der Waals surface area contributed by atoms with E-state index in [1.807, 2.05) is 18.2 Å². The van der Waals surface area contributed by atoms with E-state index < -0.39 is 6.17 Å². The highest BCUT2D eigenvalue weighted by Crippen LogP contribution is 2.40. The third kappa shape index (κ3) is 3.33. The van der Waals surface area contributed by atoms with Crippen LogP contribution in [0.15, 0.2) is 24.3 Å². The molecule has 4 nitrogen and oxygen atoms in total. The van der Waals surface area contributed by atoms with E-state index in [0.29, 0.717) is 31.5 Å². The second-order valence-corrected chi connectivity index (χ2v) is 7.31.